The van der Waals surface area contributed by atoms with Crippen molar-refractivity contribution in [1.29, 1.82) is 0 Å². The predicted octanol–water partition coefficient (Wildman–Crippen LogP) is 6.29. The van der Waals surface area contributed by atoms with Crippen LogP contribution in [-0.2, 0) is 22.0 Å². The summed E-state index contributed by atoms with van der Waals surface area (Å²) in [4.78, 5) is 0. The molecule has 0 aromatic carbocycles. The van der Waals surface area contributed by atoms with Crippen LogP contribution in [0.3, 0.4) is 0 Å². The summed E-state index contributed by atoms with van der Waals surface area (Å²) in [7, 11) is -3.86. The minimum atomic E-state index is -3.86. The maximum atomic E-state index is 12.5. The summed E-state index contributed by atoms with van der Waals surface area (Å²) in [6.45, 7) is 16.2. The van der Waals surface area contributed by atoms with Gasteiger partial charge in [-0.2, -0.15) is 8.75 Å². The highest BCUT2D eigenvalue weighted by Gasteiger charge is 2.28. The Kier molecular flexibility index (Phi) is 11.4. The summed E-state index contributed by atoms with van der Waals surface area (Å²) in [6, 6.07) is 1.99. The number of anilines is 3. The van der Waals surface area contributed by atoms with Gasteiger partial charge >= 0.3 is 0 Å². The van der Waals surface area contributed by atoms with Gasteiger partial charge in [0.05, 0.1) is 30.2 Å². The molecule has 0 radical (unpaired) electrons. The van der Waals surface area contributed by atoms with Crippen molar-refractivity contribution >= 4 is 50.4 Å². The van der Waals surface area contributed by atoms with Crippen LogP contribution in [-0.4, -0.2) is 27.8 Å². The van der Waals surface area contributed by atoms with E-state index in [1.54, 1.807) is 27.0 Å². The fourth-order valence-electron chi connectivity index (χ4n) is 2.61. The number of nitrogens with one attached hydrogen (secondary N) is 3. The van der Waals surface area contributed by atoms with Crippen LogP contribution in [0.25, 0.3) is 0 Å². The first-order valence-corrected chi connectivity index (χ1v) is 14.4. The van der Waals surface area contributed by atoms with Crippen molar-refractivity contribution in [2.24, 2.45) is 0 Å². The van der Waals surface area contributed by atoms with Gasteiger partial charge in [-0.15, -0.1) is 24.2 Å². The van der Waals surface area contributed by atoms with Crippen molar-refractivity contribution in [3.05, 3.63) is 29.0 Å². The first-order chi connectivity index (χ1) is 16.7. The van der Waals surface area contributed by atoms with Crippen molar-refractivity contribution in [1.82, 2.24) is 13.5 Å². The maximum Gasteiger partial charge on any atom is 0.254 e. The summed E-state index contributed by atoms with van der Waals surface area (Å²) in [5, 5.41) is 18.1. The molecule has 0 aliphatic rings. The van der Waals surface area contributed by atoms with Gasteiger partial charge in [-0.3, -0.25) is 0 Å². The zero-order chi connectivity index (χ0) is 27.7. The van der Waals surface area contributed by atoms with Gasteiger partial charge in [0, 0.05) is 10.9 Å². The predicted molar refractivity (Wildman–Crippen MR) is 150 cm³/mol. The Balaban J connectivity index is 0.00000120. The number of aromatic nitrogens is 2. The highest BCUT2D eigenvalue weighted by atomic mass is 32.2. The number of thiophene rings is 1. The number of rotatable bonds is 7. The van der Waals surface area contributed by atoms with Crippen LogP contribution in [0.1, 0.15) is 73.1 Å². The Hall–Kier alpha value is -2.59. The van der Waals surface area contributed by atoms with E-state index in [0.717, 1.165) is 34.4 Å². The minimum Gasteiger partial charge on any atom is -0.504 e. The fraction of sp³-hybridized carbons (Fsp3) is 0.500. The summed E-state index contributed by atoms with van der Waals surface area (Å²) in [5.74, 6) is 1.25. The average molecular weight is 556 g/mol. The van der Waals surface area contributed by atoms with Crippen molar-refractivity contribution in [2.45, 2.75) is 83.5 Å². The van der Waals surface area contributed by atoms with Crippen molar-refractivity contribution in [3.8, 4) is 18.6 Å². The van der Waals surface area contributed by atoms with Crippen LogP contribution < -0.4 is 15.4 Å². The first-order valence-electron chi connectivity index (χ1n) is 11.3. The molecule has 3 heterocycles. The first kappa shape index (κ1) is 31.4. The number of aromatic hydroxyl groups is 1. The van der Waals surface area contributed by atoms with Crippen molar-refractivity contribution < 1.29 is 17.9 Å². The van der Waals surface area contributed by atoms with Crippen LogP contribution in [0.15, 0.2) is 26.3 Å². The molecule has 0 amide bonds. The van der Waals surface area contributed by atoms with Crippen molar-refractivity contribution in [2.75, 3.05) is 10.6 Å². The zero-order valence-corrected chi connectivity index (χ0v) is 24.5. The molecule has 0 bridgehead atoms. The van der Waals surface area contributed by atoms with E-state index in [2.05, 4.69) is 71.6 Å². The molecule has 3 aromatic heterocycles. The van der Waals surface area contributed by atoms with Crippen LogP contribution in [0, 0.1) is 12.8 Å². The molecular formula is C24H37N5O4S3. The van der Waals surface area contributed by atoms with Crippen LogP contribution in [0.5, 0.6) is 5.75 Å². The molecule has 0 spiro atoms. The van der Waals surface area contributed by atoms with Gasteiger partial charge in [-0.25, -0.2) is 13.1 Å². The molecule has 3 rings (SSSR count). The molecule has 200 valence electrons. The zero-order valence-electron chi connectivity index (χ0n) is 22.1. The molecule has 3 aromatic rings. The molecule has 4 N–H and O–H groups in total. The Morgan fingerprint density at radius 3 is 2.19 bits per heavy atom. The molecule has 0 unspecified atom stereocenters. The number of sulfonamides is 1. The van der Waals surface area contributed by atoms with Gasteiger partial charge in [0.1, 0.15) is 5.76 Å². The highest BCUT2D eigenvalue weighted by molar-refractivity contribution is 7.91. The third-order valence-electron chi connectivity index (χ3n) is 4.11. The minimum absolute atomic E-state index is 0.00693. The second-order valence-corrected chi connectivity index (χ2v) is 13.1. The summed E-state index contributed by atoms with van der Waals surface area (Å²) < 4.78 is 41.5. The Morgan fingerprint density at radius 2 is 1.67 bits per heavy atom. The molecule has 12 heteroatoms. The maximum absolute atomic E-state index is 12.5. The van der Waals surface area contributed by atoms with E-state index in [1.807, 2.05) is 6.07 Å². The van der Waals surface area contributed by atoms with Gasteiger partial charge in [0.25, 0.3) is 10.0 Å². The van der Waals surface area contributed by atoms with Crippen LogP contribution >= 0.6 is 23.1 Å². The van der Waals surface area contributed by atoms with E-state index in [9.17, 15) is 13.5 Å². The monoisotopic (exact) mass is 555 g/mol. The largest absolute Gasteiger partial charge is 0.504 e. The normalized spacial score (nSPS) is 11.6. The topological polar surface area (TPSA) is 129 Å². The highest BCUT2D eigenvalue weighted by Crippen LogP contribution is 2.40. The lowest BCUT2D eigenvalue weighted by atomic mass is 9.89. The number of hydrogen-bond acceptors (Lipinski definition) is 10. The lowest BCUT2D eigenvalue weighted by Gasteiger charge is -2.19. The Bertz CT molecular complexity index is 1210. The van der Waals surface area contributed by atoms with E-state index < -0.39 is 15.6 Å². The molecule has 0 saturated carbocycles. The number of terminal acetylenes is 1. The fourth-order valence-corrected chi connectivity index (χ4v) is 5.76. The van der Waals surface area contributed by atoms with E-state index in [-0.39, 0.29) is 21.1 Å². The van der Waals surface area contributed by atoms with E-state index in [0.29, 0.717) is 18.2 Å². The van der Waals surface area contributed by atoms with Crippen LogP contribution in [0.2, 0.25) is 0 Å². The van der Waals surface area contributed by atoms with Gasteiger partial charge in [0.2, 0.25) is 0 Å². The molecular weight excluding hydrogens is 518 g/mol. The number of hydrogen-bond donors (Lipinski definition) is 4. The molecule has 0 saturated heterocycles. The molecule has 0 aliphatic heterocycles. The van der Waals surface area contributed by atoms with E-state index in [1.165, 1.54) is 11.8 Å². The van der Waals surface area contributed by atoms with Gasteiger partial charge in [0.15, 0.2) is 21.6 Å². The molecule has 0 atom stereocenters. The van der Waals surface area contributed by atoms with Crippen LogP contribution in [0.4, 0.5) is 17.3 Å². The molecule has 0 fully saturated rings. The summed E-state index contributed by atoms with van der Waals surface area (Å²) in [5.41, 5.74) is 0.660. The summed E-state index contributed by atoms with van der Waals surface area (Å²) >= 11 is 1.92. The van der Waals surface area contributed by atoms with E-state index >= 15 is 0 Å². The average Bonchev–Trinajstić information content (AvgIpc) is 3.48. The molecule has 36 heavy (non-hydrogen) atoms. The molecule has 0 aliphatic carbocycles. The lowest BCUT2D eigenvalue weighted by molar-refractivity contribution is 0.460. The SMILES string of the molecule is C#C.CC(C)(C)NS(=O)(=O)c1scc(Nc2nsnc2NCc2cc(C(C)(C)C)co2)c1O.CCC. The Morgan fingerprint density at radius 1 is 1.08 bits per heavy atom. The smallest absolute Gasteiger partial charge is 0.254 e. The third kappa shape index (κ3) is 9.13. The number of nitrogens with zero attached hydrogens (tertiary/aromatic N) is 2. The quantitative estimate of drug-likeness (QED) is 0.250. The Labute approximate surface area is 223 Å². The standard InChI is InChI=1S/C19H27N5O4S3.C3H8.C2H2/c1-18(2,3)11-7-12(28-9-11)8-20-15-16(23-30-22-15)21-13-10-29-17(14(13)25)31(26,27)24-19(4,5)6;1-3-2;1-2/h7,9-10,24-25H,8H2,1-6H3,(H,20,22)(H,21,23);3H2,1-2H3;1-2H. The lowest BCUT2D eigenvalue weighted by Crippen LogP contribution is -2.40. The number of furan rings is 1. The third-order valence-corrected chi connectivity index (χ3v) is 7.91. The molecule has 9 nitrogen and oxygen atoms in total. The second-order valence-electron chi connectivity index (χ2n) is 9.84. The summed E-state index contributed by atoms with van der Waals surface area (Å²) in [6.07, 6.45) is 11.0. The van der Waals surface area contributed by atoms with Crippen molar-refractivity contribution in [3.63, 3.8) is 0 Å². The van der Waals surface area contributed by atoms with Gasteiger partial charge in [-0.05, 0) is 37.8 Å². The van der Waals surface area contributed by atoms with Gasteiger partial charge in [-0.1, -0.05) is 41.0 Å². The second kappa shape index (κ2) is 13.1. The van der Waals surface area contributed by atoms with Gasteiger partial charge < -0.3 is 20.2 Å². The van der Waals surface area contributed by atoms with E-state index in [4.69, 9.17) is 4.42 Å².